The summed E-state index contributed by atoms with van der Waals surface area (Å²) in [7, 11) is -12.4. The maximum absolute atomic E-state index is 9.19. The fourth-order valence-corrected chi connectivity index (χ4v) is 16.6. The summed E-state index contributed by atoms with van der Waals surface area (Å²) in [6.07, 6.45) is 0. The van der Waals surface area contributed by atoms with E-state index in [2.05, 4.69) is 19.6 Å². The molecule has 12 heteroatoms. The molecule has 0 aliphatic carbocycles. The van der Waals surface area contributed by atoms with Crippen LogP contribution in [0.5, 0.6) is 0 Å². The van der Waals surface area contributed by atoms with Crippen molar-refractivity contribution in [3.63, 3.8) is 0 Å². The molecule has 0 aliphatic rings. The Morgan fingerprint density at radius 3 is 0.864 bits per heavy atom. The van der Waals surface area contributed by atoms with Crippen LogP contribution >= 0.6 is 0 Å². The van der Waals surface area contributed by atoms with Crippen molar-refractivity contribution in [2.24, 2.45) is 0 Å². The molecule has 0 spiro atoms. The van der Waals surface area contributed by atoms with E-state index < -0.39 is 42.8 Å². The van der Waals surface area contributed by atoms with Gasteiger partial charge >= 0.3 is 26.2 Å². The highest BCUT2D eigenvalue weighted by atomic mass is 28.5. The molecule has 0 radical (unpaired) electrons. The van der Waals surface area contributed by atoms with Crippen LogP contribution in [0.1, 0.15) is 0 Å². The summed E-state index contributed by atoms with van der Waals surface area (Å²) in [5.41, 5.74) is 0. The van der Waals surface area contributed by atoms with E-state index >= 15 is 0 Å². The monoisotopic (exact) mass is 406 g/mol. The summed E-state index contributed by atoms with van der Waals surface area (Å²) < 4.78 is 16.0. The Bertz CT molecular complexity index is 295. The molecular weight excluding hydrogens is 373 g/mol. The van der Waals surface area contributed by atoms with E-state index in [4.69, 9.17) is 21.9 Å². The van der Waals surface area contributed by atoms with Crippen molar-refractivity contribution in [2.45, 2.75) is 65.5 Å². The second-order valence-corrected chi connectivity index (χ2v) is 25.2. The van der Waals surface area contributed by atoms with Crippen LogP contribution < -0.4 is 0 Å². The van der Waals surface area contributed by atoms with Gasteiger partial charge in [-0.1, -0.05) is 0 Å². The van der Waals surface area contributed by atoms with Crippen LogP contribution in [0.3, 0.4) is 0 Å². The molecule has 0 unspecified atom stereocenters. The standard InChI is InChI=1S/C6H20O4Si3.C4H14O3Si2/c1-11(2,3)9-12(4,5)10-13(6,7)8;1-8(2,3)7-9(4,5)6/h7-8H,1-6H3;5-6H,1-4H3. The maximum atomic E-state index is 9.19. The Labute approximate surface area is 140 Å². The van der Waals surface area contributed by atoms with Crippen molar-refractivity contribution >= 4 is 42.8 Å². The fourth-order valence-electron chi connectivity index (χ4n) is 1.80. The predicted molar refractivity (Wildman–Crippen MR) is 99.5 cm³/mol. The third-order valence-electron chi connectivity index (χ3n) is 1.49. The molecule has 22 heavy (non-hydrogen) atoms. The third-order valence-corrected chi connectivity index (χ3v) is 13.4. The zero-order chi connectivity index (χ0) is 18.6. The minimum absolute atomic E-state index is 1.33. The molecule has 0 aromatic rings. The van der Waals surface area contributed by atoms with Gasteiger partial charge in [0.05, 0.1) is 0 Å². The molecule has 0 saturated heterocycles. The Morgan fingerprint density at radius 1 is 0.455 bits per heavy atom. The lowest BCUT2D eigenvalue weighted by Gasteiger charge is -2.33. The molecule has 0 saturated carbocycles. The molecule has 0 aliphatic heterocycles. The molecule has 0 bridgehead atoms. The normalized spacial score (nSPS) is 14.5. The van der Waals surface area contributed by atoms with Gasteiger partial charge in [0, 0.05) is 13.1 Å². The largest absolute Gasteiger partial charge is 0.483 e. The van der Waals surface area contributed by atoms with Gasteiger partial charge in [0.2, 0.25) is 0 Å². The Hall–Kier alpha value is 0.804. The topological polar surface area (TPSA) is 109 Å². The third kappa shape index (κ3) is 23.1. The van der Waals surface area contributed by atoms with Crippen molar-refractivity contribution in [2.75, 3.05) is 0 Å². The lowest BCUT2D eigenvalue weighted by molar-refractivity contribution is 0.222. The summed E-state index contributed by atoms with van der Waals surface area (Å²) in [6.45, 7) is 18.3. The van der Waals surface area contributed by atoms with E-state index in [0.717, 1.165) is 0 Å². The quantitative estimate of drug-likeness (QED) is 0.495. The van der Waals surface area contributed by atoms with Crippen molar-refractivity contribution in [1.82, 2.24) is 0 Å². The SMILES string of the molecule is C[Si](C)(C)O[Si](C)(C)O[Si](C)(O)O.C[Si](C)(C)O[Si](C)(O)O. The highest BCUT2D eigenvalue weighted by molar-refractivity contribution is 6.84. The Kier molecular flexibility index (Phi) is 9.40. The molecule has 0 rings (SSSR count). The van der Waals surface area contributed by atoms with Crippen LogP contribution in [0.25, 0.3) is 0 Å². The predicted octanol–water partition coefficient (Wildman–Crippen LogP) is 1.50. The molecule has 0 aromatic heterocycles. The van der Waals surface area contributed by atoms with Crippen molar-refractivity contribution in [3.8, 4) is 0 Å². The van der Waals surface area contributed by atoms with E-state index in [1.807, 2.05) is 32.7 Å². The summed E-state index contributed by atoms with van der Waals surface area (Å²) in [5.74, 6) is 0. The first kappa shape index (κ1) is 25.0. The summed E-state index contributed by atoms with van der Waals surface area (Å²) in [5, 5.41) is 0. The van der Waals surface area contributed by atoms with Gasteiger partial charge < -0.3 is 31.5 Å². The number of hydrogen-bond acceptors (Lipinski definition) is 7. The van der Waals surface area contributed by atoms with Gasteiger partial charge in [-0.3, -0.25) is 0 Å². The minimum atomic E-state index is -3.43. The zero-order valence-electron chi connectivity index (χ0n) is 15.5. The molecule has 7 nitrogen and oxygen atoms in total. The van der Waals surface area contributed by atoms with E-state index in [0.29, 0.717) is 0 Å². The maximum Gasteiger partial charge on any atom is 0.483 e. The lowest BCUT2D eigenvalue weighted by atomic mass is 11.8. The molecule has 0 amide bonds. The Morgan fingerprint density at radius 2 is 0.727 bits per heavy atom. The highest BCUT2D eigenvalue weighted by Crippen LogP contribution is 2.17. The van der Waals surface area contributed by atoms with Gasteiger partial charge in [-0.15, -0.1) is 0 Å². The van der Waals surface area contributed by atoms with Crippen molar-refractivity contribution in [3.05, 3.63) is 0 Å². The van der Waals surface area contributed by atoms with Gasteiger partial charge in [-0.25, -0.2) is 0 Å². The first-order chi connectivity index (χ1) is 9.12. The van der Waals surface area contributed by atoms with Crippen LogP contribution in [-0.4, -0.2) is 62.0 Å². The molecule has 0 atom stereocenters. The fraction of sp³-hybridized carbons (Fsp3) is 1.00. The van der Waals surface area contributed by atoms with E-state index in [1.165, 1.54) is 13.1 Å². The second-order valence-electron chi connectivity index (χ2n) is 7.80. The second kappa shape index (κ2) is 8.26. The molecule has 0 fully saturated rings. The first-order valence-electron chi connectivity index (χ1n) is 7.12. The molecule has 4 N–H and O–H groups in total. The van der Waals surface area contributed by atoms with Crippen LogP contribution in [0.15, 0.2) is 0 Å². The van der Waals surface area contributed by atoms with Crippen LogP contribution in [0.2, 0.25) is 65.5 Å². The van der Waals surface area contributed by atoms with E-state index in [-0.39, 0.29) is 0 Å². The molecule has 0 aromatic carbocycles. The summed E-state index contributed by atoms with van der Waals surface area (Å²) >= 11 is 0. The minimum Gasteiger partial charge on any atom is -0.437 e. The van der Waals surface area contributed by atoms with Crippen LogP contribution in [-0.2, 0) is 12.3 Å². The van der Waals surface area contributed by atoms with Gasteiger partial charge in [-0.2, -0.15) is 0 Å². The van der Waals surface area contributed by atoms with E-state index in [9.17, 15) is 9.59 Å². The first-order valence-corrected chi connectivity index (χ1v) is 21.4. The number of rotatable bonds is 6. The molecule has 0 heterocycles. The number of hydrogen-bond donors (Lipinski definition) is 4. The molecule has 136 valence electrons. The van der Waals surface area contributed by atoms with Crippen molar-refractivity contribution in [1.29, 1.82) is 0 Å². The van der Waals surface area contributed by atoms with Gasteiger partial charge in [0.1, 0.15) is 0 Å². The lowest BCUT2D eigenvalue weighted by Crippen LogP contribution is -2.52. The van der Waals surface area contributed by atoms with Crippen molar-refractivity contribution < 1.29 is 31.5 Å². The summed E-state index contributed by atoms with van der Waals surface area (Å²) in [6, 6.07) is 0. The highest BCUT2D eigenvalue weighted by Gasteiger charge is 2.39. The van der Waals surface area contributed by atoms with Crippen LogP contribution in [0, 0.1) is 0 Å². The van der Waals surface area contributed by atoms with Gasteiger partial charge in [0.15, 0.2) is 16.6 Å². The summed E-state index contributed by atoms with van der Waals surface area (Å²) in [4.78, 5) is 36.1. The average molecular weight is 407 g/mol. The average Bonchev–Trinajstić information content (AvgIpc) is 1.82. The van der Waals surface area contributed by atoms with Gasteiger partial charge in [-0.05, 0) is 52.4 Å². The van der Waals surface area contributed by atoms with Gasteiger partial charge in [0.25, 0.3) is 0 Å². The van der Waals surface area contributed by atoms with E-state index in [1.54, 1.807) is 0 Å². The zero-order valence-corrected chi connectivity index (χ0v) is 20.5. The smallest absolute Gasteiger partial charge is 0.437 e. The van der Waals surface area contributed by atoms with Crippen LogP contribution in [0.4, 0.5) is 0 Å². The Balaban J connectivity index is 0. The molecular formula is C10H34O7Si5.